The maximum atomic E-state index is 13.3. The highest BCUT2D eigenvalue weighted by Gasteiger charge is 2.19. The van der Waals surface area contributed by atoms with E-state index in [1.807, 2.05) is 84.9 Å². The Morgan fingerprint density at radius 3 is 2.28 bits per heavy atom. The maximum Gasteiger partial charge on any atom is 0.165 e. The van der Waals surface area contributed by atoms with Crippen LogP contribution in [0.5, 0.6) is 11.5 Å². The molecule has 4 rings (SSSR count). The number of hydrogen-bond donors (Lipinski definition) is 1. The number of methoxy groups -OCH3 is 2. The fourth-order valence-corrected chi connectivity index (χ4v) is 4.00. The molecule has 0 aliphatic carbocycles. The number of carbonyl (C=O) groups excluding carboxylic acids is 1. The highest BCUT2D eigenvalue weighted by atomic mass is 79.9. The Hall–Kier alpha value is -3.31. The first-order valence-corrected chi connectivity index (χ1v) is 11.1. The summed E-state index contributed by atoms with van der Waals surface area (Å²) < 4.78 is 11.9. The molecule has 0 aromatic heterocycles. The van der Waals surface area contributed by atoms with Crippen LogP contribution in [0.25, 0.3) is 10.8 Å². The molecule has 4 nitrogen and oxygen atoms in total. The van der Waals surface area contributed by atoms with Crippen LogP contribution in [-0.2, 0) is 0 Å². The van der Waals surface area contributed by atoms with E-state index in [2.05, 4.69) is 21.2 Å². The minimum Gasteiger partial charge on any atom is -0.493 e. The molecule has 0 heterocycles. The molecule has 0 aliphatic rings. The lowest BCUT2D eigenvalue weighted by Gasteiger charge is -2.21. The smallest absolute Gasteiger partial charge is 0.165 e. The molecule has 1 atom stereocenters. The van der Waals surface area contributed by atoms with Crippen LogP contribution in [-0.4, -0.2) is 20.0 Å². The molecule has 5 heteroatoms. The topological polar surface area (TPSA) is 47.6 Å². The second-order valence-corrected chi connectivity index (χ2v) is 8.42. The fraction of sp³-hybridized carbons (Fsp3) is 0.148. The number of ketones is 1. The standard InChI is InChI=1S/C27H24BrNO3/c1-31-26-14-9-20(16-27(26)32-2)24(29-23-12-10-22(28)11-13-23)17-25(30)21-8-7-18-5-3-4-6-19(18)15-21/h3-16,24,29H,17H2,1-2H3. The lowest BCUT2D eigenvalue weighted by atomic mass is 9.96. The molecule has 0 fully saturated rings. The van der Waals surface area contributed by atoms with Gasteiger partial charge in [0.05, 0.1) is 20.3 Å². The quantitative estimate of drug-likeness (QED) is 0.269. The summed E-state index contributed by atoms with van der Waals surface area (Å²) in [6, 6.07) is 27.3. The Balaban J connectivity index is 1.66. The van der Waals surface area contributed by atoms with Crippen LogP contribution in [0.4, 0.5) is 5.69 Å². The fourth-order valence-electron chi connectivity index (χ4n) is 3.74. The molecule has 0 saturated carbocycles. The van der Waals surface area contributed by atoms with Crippen LogP contribution in [0.15, 0.2) is 89.4 Å². The number of Topliss-reactive ketones (excluding diaryl/α,β-unsaturated/α-hetero) is 1. The van der Waals surface area contributed by atoms with Gasteiger partial charge in [-0.05, 0) is 58.8 Å². The van der Waals surface area contributed by atoms with E-state index in [0.717, 1.165) is 26.5 Å². The molecule has 0 radical (unpaired) electrons. The number of benzene rings is 4. The van der Waals surface area contributed by atoms with E-state index in [9.17, 15) is 4.79 Å². The third-order valence-corrected chi connectivity index (χ3v) is 5.98. The largest absolute Gasteiger partial charge is 0.493 e. The summed E-state index contributed by atoms with van der Waals surface area (Å²) >= 11 is 3.47. The molecule has 0 aliphatic heterocycles. The van der Waals surface area contributed by atoms with Crippen LogP contribution in [0.2, 0.25) is 0 Å². The van der Waals surface area contributed by atoms with Gasteiger partial charge < -0.3 is 14.8 Å². The number of fused-ring (bicyclic) bond motifs is 1. The van der Waals surface area contributed by atoms with E-state index in [4.69, 9.17) is 9.47 Å². The number of halogens is 1. The lowest BCUT2D eigenvalue weighted by Crippen LogP contribution is -2.16. The van der Waals surface area contributed by atoms with Gasteiger partial charge in [0.2, 0.25) is 0 Å². The SMILES string of the molecule is COc1ccc(C(CC(=O)c2ccc3ccccc3c2)Nc2ccc(Br)cc2)cc1OC. The Morgan fingerprint density at radius 1 is 0.844 bits per heavy atom. The zero-order valence-corrected chi connectivity index (χ0v) is 19.6. The predicted molar refractivity (Wildman–Crippen MR) is 133 cm³/mol. The van der Waals surface area contributed by atoms with Gasteiger partial charge in [-0.2, -0.15) is 0 Å². The molecular formula is C27H24BrNO3. The average Bonchev–Trinajstić information content (AvgIpc) is 2.84. The van der Waals surface area contributed by atoms with Crippen molar-refractivity contribution in [2.75, 3.05) is 19.5 Å². The van der Waals surface area contributed by atoms with Crippen molar-refractivity contribution in [2.24, 2.45) is 0 Å². The number of ether oxygens (including phenoxy) is 2. The van der Waals surface area contributed by atoms with Crippen molar-refractivity contribution < 1.29 is 14.3 Å². The van der Waals surface area contributed by atoms with E-state index in [0.29, 0.717) is 23.5 Å². The predicted octanol–water partition coefficient (Wildman–Crippen LogP) is 7.05. The second-order valence-electron chi connectivity index (χ2n) is 7.51. The Morgan fingerprint density at radius 2 is 1.56 bits per heavy atom. The van der Waals surface area contributed by atoms with Crippen LogP contribution < -0.4 is 14.8 Å². The summed E-state index contributed by atoms with van der Waals surface area (Å²) in [6.07, 6.45) is 0.296. The molecule has 0 spiro atoms. The van der Waals surface area contributed by atoms with Gasteiger partial charge in [0.15, 0.2) is 17.3 Å². The number of hydrogen-bond acceptors (Lipinski definition) is 4. The van der Waals surface area contributed by atoms with Gasteiger partial charge in [-0.1, -0.05) is 58.4 Å². The van der Waals surface area contributed by atoms with Crippen molar-refractivity contribution in [2.45, 2.75) is 12.5 Å². The van der Waals surface area contributed by atoms with E-state index in [1.54, 1.807) is 14.2 Å². The zero-order valence-electron chi connectivity index (χ0n) is 18.0. The zero-order chi connectivity index (χ0) is 22.5. The Labute approximate surface area is 196 Å². The van der Waals surface area contributed by atoms with Crippen molar-refractivity contribution in [3.63, 3.8) is 0 Å². The third-order valence-electron chi connectivity index (χ3n) is 5.46. The molecule has 0 saturated heterocycles. The minimum atomic E-state index is -0.241. The summed E-state index contributed by atoms with van der Waals surface area (Å²) in [4.78, 5) is 13.3. The van der Waals surface area contributed by atoms with Crippen LogP contribution >= 0.6 is 15.9 Å². The van der Waals surface area contributed by atoms with E-state index in [-0.39, 0.29) is 11.8 Å². The summed E-state index contributed by atoms with van der Waals surface area (Å²) in [7, 11) is 3.22. The molecule has 32 heavy (non-hydrogen) atoms. The molecule has 4 aromatic carbocycles. The van der Waals surface area contributed by atoms with Gasteiger partial charge >= 0.3 is 0 Å². The molecule has 0 bridgehead atoms. The minimum absolute atomic E-state index is 0.0696. The third kappa shape index (κ3) is 4.94. The van der Waals surface area contributed by atoms with Gasteiger partial charge in [0.25, 0.3) is 0 Å². The van der Waals surface area contributed by atoms with Crippen molar-refractivity contribution in [1.29, 1.82) is 0 Å². The highest BCUT2D eigenvalue weighted by Crippen LogP contribution is 2.33. The summed E-state index contributed by atoms with van der Waals surface area (Å²) in [5.74, 6) is 1.35. The van der Waals surface area contributed by atoms with Gasteiger partial charge in [-0.15, -0.1) is 0 Å². The molecule has 1 unspecified atom stereocenters. The molecular weight excluding hydrogens is 466 g/mol. The molecule has 4 aromatic rings. The second kappa shape index (κ2) is 9.88. The van der Waals surface area contributed by atoms with E-state index < -0.39 is 0 Å². The Bertz CT molecular complexity index is 1240. The lowest BCUT2D eigenvalue weighted by molar-refractivity contribution is 0.0976. The van der Waals surface area contributed by atoms with Crippen molar-refractivity contribution in [3.05, 3.63) is 101 Å². The number of anilines is 1. The number of rotatable bonds is 8. The molecule has 0 amide bonds. The van der Waals surface area contributed by atoms with Crippen LogP contribution in [0.1, 0.15) is 28.4 Å². The van der Waals surface area contributed by atoms with E-state index >= 15 is 0 Å². The van der Waals surface area contributed by atoms with Gasteiger partial charge in [-0.25, -0.2) is 0 Å². The summed E-state index contributed by atoms with van der Waals surface area (Å²) in [5.41, 5.74) is 2.57. The van der Waals surface area contributed by atoms with Gasteiger partial charge in [0.1, 0.15) is 0 Å². The van der Waals surface area contributed by atoms with Crippen molar-refractivity contribution >= 4 is 38.2 Å². The first-order valence-electron chi connectivity index (χ1n) is 10.3. The van der Waals surface area contributed by atoms with Crippen molar-refractivity contribution in [3.8, 4) is 11.5 Å². The van der Waals surface area contributed by atoms with Crippen LogP contribution in [0, 0.1) is 0 Å². The Kier molecular flexibility index (Phi) is 6.76. The number of carbonyl (C=O) groups is 1. The number of nitrogens with one attached hydrogen (secondary N) is 1. The molecule has 162 valence electrons. The highest BCUT2D eigenvalue weighted by molar-refractivity contribution is 9.10. The average molecular weight is 490 g/mol. The molecule has 1 N–H and O–H groups in total. The first kappa shape index (κ1) is 21.9. The van der Waals surface area contributed by atoms with E-state index in [1.165, 1.54) is 0 Å². The first-order chi connectivity index (χ1) is 15.6. The summed E-state index contributed by atoms with van der Waals surface area (Å²) in [5, 5.41) is 5.69. The monoisotopic (exact) mass is 489 g/mol. The van der Waals surface area contributed by atoms with Gasteiger partial charge in [0, 0.05) is 22.1 Å². The summed E-state index contributed by atoms with van der Waals surface area (Å²) in [6.45, 7) is 0. The maximum absolute atomic E-state index is 13.3. The van der Waals surface area contributed by atoms with Crippen molar-refractivity contribution in [1.82, 2.24) is 0 Å². The normalized spacial score (nSPS) is 11.7. The van der Waals surface area contributed by atoms with Gasteiger partial charge in [-0.3, -0.25) is 4.79 Å². The van der Waals surface area contributed by atoms with Crippen LogP contribution in [0.3, 0.4) is 0 Å².